The van der Waals surface area contributed by atoms with Crippen LogP contribution < -0.4 is 0 Å². The Labute approximate surface area is 121 Å². The van der Waals surface area contributed by atoms with Crippen molar-refractivity contribution >= 4 is 0 Å². The Hall–Kier alpha value is -0.780. The summed E-state index contributed by atoms with van der Waals surface area (Å²) >= 11 is 0. The van der Waals surface area contributed by atoms with Gasteiger partial charge in [0, 0.05) is 0 Å². The van der Waals surface area contributed by atoms with Crippen molar-refractivity contribution in [3.8, 4) is 0 Å². The number of aryl methyl sites for hydroxylation is 1. The number of rotatable bonds is 4. The van der Waals surface area contributed by atoms with E-state index in [0.717, 1.165) is 0 Å². The Morgan fingerprint density at radius 2 is 1.32 bits per heavy atom. The van der Waals surface area contributed by atoms with Crippen LogP contribution in [0.4, 0.5) is 0 Å². The van der Waals surface area contributed by atoms with E-state index in [0.29, 0.717) is 0 Å². The summed E-state index contributed by atoms with van der Waals surface area (Å²) in [6, 6.07) is 7.02. The van der Waals surface area contributed by atoms with Crippen molar-refractivity contribution < 1.29 is 0 Å². The van der Waals surface area contributed by atoms with Gasteiger partial charge in [-0.1, -0.05) is 73.6 Å². The summed E-state index contributed by atoms with van der Waals surface area (Å²) in [6.07, 6.45) is 2.37. The van der Waals surface area contributed by atoms with E-state index in [9.17, 15) is 0 Å². The van der Waals surface area contributed by atoms with Gasteiger partial charge in [0.2, 0.25) is 0 Å². The quantitative estimate of drug-likeness (QED) is 0.589. The molecule has 0 fully saturated rings. The maximum Gasteiger partial charge on any atom is -0.0103 e. The minimum atomic E-state index is 0.282. The van der Waals surface area contributed by atoms with Gasteiger partial charge in [-0.05, 0) is 47.3 Å². The smallest absolute Gasteiger partial charge is 0.0103 e. The molecule has 19 heavy (non-hydrogen) atoms. The van der Waals surface area contributed by atoms with Gasteiger partial charge in [-0.2, -0.15) is 0 Å². The highest BCUT2D eigenvalue weighted by atomic mass is 14.3. The Morgan fingerprint density at radius 3 is 1.74 bits per heavy atom. The highest BCUT2D eigenvalue weighted by Crippen LogP contribution is 2.34. The predicted octanol–water partition coefficient (Wildman–Crippen LogP) is 6.40. The topological polar surface area (TPSA) is 0 Å². The van der Waals surface area contributed by atoms with Crippen LogP contribution in [0.3, 0.4) is 0 Å². The lowest BCUT2D eigenvalue weighted by Crippen LogP contribution is -2.21. The van der Waals surface area contributed by atoms with E-state index in [2.05, 4.69) is 66.7 Å². The second-order valence-electron chi connectivity index (χ2n) is 6.50. The molecule has 0 radical (unpaired) electrons. The summed E-state index contributed by atoms with van der Waals surface area (Å²) in [6.45, 7) is 20.1. The zero-order valence-electron chi connectivity index (χ0n) is 14.6. The second kappa shape index (κ2) is 7.12. The molecule has 0 saturated carbocycles. The lowest BCUT2D eigenvalue weighted by molar-refractivity contribution is 0.486. The molecular weight excluding hydrogens is 228 g/mol. The molecule has 0 aromatic heterocycles. The van der Waals surface area contributed by atoms with Crippen LogP contribution in [0.15, 0.2) is 18.2 Å². The van der Waals surface area contributed by atoms with Gasteiger partial charge in [-0.25, -0.2) is 0 Å². The molecular formula is C19H34. The van der Waals surface area contributed by atoms with Gasteiger partial charge < -0.3 is 0 Å². The molecule has 0 spiro atoms. The largest absolute Gasteiger partial charge is 0.0683 e. The minimum Gasteiger partial charge on any atom is -0.0683 e. The molecule has 0 N–H and O–H groups in total. The normalized spacial score (nSPS) is 11.8. The van der Waals surface area contributed by atoms with Crippen molar-refractivity contribution in [3.63, 3.8) is 0 Å². The van der Waals surface area contributed by atoms with Gasteiger partial charge >= 0.3 is 0 Å². The predicted molar refractivity (Wildman–Crippen MR) is 89.2 cm³/mol. The van der Waals surface area contributed by atoms with E-state index < -0.39 is 0 Å². The van der Waals surface area contributed by atoms with Gasteiger partial charge in [0.15, 0.2) is 0 Å². The lowest BCUT2D eigenvalue weighted by Gasteiger charge is -2.30. The molecule has 0 heterocycles. The summed E-state index contributed by atoms with van der Waals surface area (Å²) in [7, 11) is 0. The molecule has 0 saturated heterocycles. The fraction of sp³-hybridized carbons (Fsp3) is 0.684. The zero-order valence-corrected chi connectivity index (χ0v) is 14.6. The maximum atomic E-state index is 2.43. The van der Waals surface area contributed by atoms with Crippen LogP contribution in [0.2, 0.25) is 0 Å². The van der Waals surface area contributed by atoms with Crippen LogP contribution in [0.25, 0.3) is 0 Å². The Bertz CT molecular complexity index is 383. The molecule has 0 amide bonds. The maximum absolute atomic E-state index is 2.43. The molecule has 1 aromatic rings. The fourth-order valence-corrected chi connectivity index (χ4v) is 2.17. The van der Waals surface area contributed by atoms with Crippen molar-refractivity contribution in [2.45, 2.75) is 86.0 Å². The Morgan fingerprint density at radius 1 is 0.842 bits per heavy atom. The van der Waals surface area contributed by atoms with Crippen molar-refractivity contribution in [1.82, 2.24) is 0 Å². The standard InChI is InChI=1S/C17H28.C2H6/c1-8-16(4,5)14-11-10-13(3)15(12-14)17(6,7)9-2;1-2/h10-12H,8-9H2,1-7H3;1-2H3. The van der Waals surface area contributed by atoms with Crippen LogP contribution in [0.1, 0.15) is 84.9 Å². The molecule has 0 unspecified atom stereocenters. The molecule has 0 heteroatoms. The highest BCUT2D eigenvalue weighted by molar-refractivity contribution is 5.38. The third-order valence-electron chi connectivity index (χ3n) is 4.52. The van der Waals surface area contributed by atoms with E-state index in [1.807, 2.05) is 13.8 Å². The first-order valence-corrected chi connectivity index (χ1v) is 7.86. The van der Waals surface area contributed by atoms with Crippen LogP contribution in [0, 0.1) is 6.92 Å². The fourth-order valence-electron chi connectivity index (χ4n) is 2.17. The molecule has 0 aliphatic carbocycles. The van der Waals surface area contributed by atoms with Gasteiger partial charge in [0.25, 0.3) is 0 Å². The monoisotopic (exact) mass is 262 g/mol. The molecule has 0 aliphatic heterocycles. The average molecular weight is 262 g/mol. The summed E-state index contributed by atoms with van der Waals surface area (Å²) in [4.78, 5) is 0. The summed E-state index contributed by atoms with van der Waals surface area (Å²) in [5.74, 6) is 0. The van der Waals surface area contributed by atoms with Crippen molar-refractivity contribution in [2.24, 2.45) is 0 Å². The number of hydrogen-bond acceptors (Lipinski definition) is 0. The van der Waals surface area contributed by atoms with Crippen LogP contribution >= 0.6 is 0 Å². The SMILES string of the molecule is CC.CCC(C)(C)c1ccc(C)c(C(C)(C)CC)c1. The molecule has 1 rings (SSSR count). The Balaban J connectivity index is 0.00000154. The molecule has 1 aromatic carbocycles. The van der Waals surface area contributed by atoms with Crippen molar-refractivity contribution in [3.05, 3.63) is 34.9 Å². The summed E-state index contributed by atoms with van der Waals surface area (Å²) in [5.41, 5.74) is 4.98. The van der Waals surface area contributed by atoms with Gasteiger partial charge in [-0.3, -0.25) is 0 Å². The van der Waals surface area contributed by atoms with E-state index in [1.165, 1.54) is 29.5 Å². The summed E-state index contributed by atoms with van der Waals surface area (Å²) < 4.78 is 0. The average Bonchev–Trinajstić information content (AvgIpc) is 2.41. The first-order valence-electron chi connectivity index (χ1n) is 7.86. The minimum absolute atomic E-state index is 0.282. The van der Waals surface area contributed by atoms with Gasteiger partial charge in [0.05, 0.1) is 0 Å². The van der Waals surface area contributed by atoms with Crippen LogP contribution in [-0.2, 0) is 10.8 Å². The Kier molecular flexibility index (Phi) is 6.83. The third-order valence-corrected chi connectivity index (χ3v) is 4.52. The molecule has 0 aliphatic rings. The highest BCUT2D eigenvalue weighted by Gasteiger charge is 2.24. The van der Waals surface area contributed by atoms with Gasteiger partial charge in [0.1, 0.15) is 0 Å². The van der Waals surface area contributed by atoms with E-state index in [-0.39, 0.29) is 10.8 Å². The third kappa shape index (κ3) is 4.37. The second-order valence-corrected chi connectivity index (χ2v) is 6.50. The molecule has 0 nitrogen and oxygen atoms in total. The van der Waals surface area contributed by atoms with E-state index >= 15 is 0 Å². The number of benzene rings is 1. The van der Waals surface area contributed by atoms with Crippen molar-refractivity contribution in [2.75, 3.05) is 0 Å². The first-order chi connectivity index (χ1) is 8.74. The molecule has 0 atom stereocenters. The summed E-state index contributed by atoms with van der Waals surface area (Å²) in [5, 5.41) is 0. The molecule has 0 bridgehead atoms. The van der Waals surface area contributed by atoms with E-state index in [4.69, 9.17) is 0 Å². The zero-order chi connectivity index (χ0) is 15.3. The van der Waals surface area contributed by atoms with Crippen LogP contribution in [0.5, 0.6) is 0 Å². The lowest BCUT2D eigenvalue weighted by atomic mass is 9.75. The van der Waals surface area contributed by atoms with Crippen LogP contribution in [-0.4, -0.2) is 0 Å². The number of hydrogen-bond donors (Lipinski definition) is 0. The van der Waals surface area contributed by atoms with Crippen molar-refractivity contribution in [1.29, 1.82) is 0 Å². The molecule has 110 valence electrons. The van der Waals surface area contributed by atoms with E-state index in [1.54, 1.807) is 0 Å². The first kappa shape index (κ1) is 18.2. The van der Waals surface area contributed by atoms with Gasteiger partial charge in [-0.15, -0.1) is 0 Å².